The molecule has 20 heavy (non-hydrogen) atoms. The Kier molecular flexibility index (Phi) is 5.01. The van der Waals surface area contributed by atoms with Crippen molar-refractivity contribution in [1.29, 1.82) is 0 Å². The summed E-state index contributed by atoms with van der Waals surface area (Å²) in [5.41, 5.74) is 0. The molecule has 2 fully saturated rings. The molecule has 3 rings (SSSR count). The zero-order valence-electron chi connectivity index (χ0n) is 12.4. The molecule has 0 atom stereocenters. The van der Waals surface area contributed by atoms with Gasteiger partial charge in [-0.25, -0.2) is 4.68 Å². The molecule has 1 saturated heterocycles. The second kappa shape index (κ2) is 7.16. The van der Waals surface area contributed by atoms with E-state index in [0.29, 0.717) is 0 Å². The van der Waals surface area contributed by atoms with Crippen molar-refractivity contribution in [2.75, 3.05) is 13.1 Å². The number of tetrazole rings is 1. The number of rotatable bonds is 5. The predicted molar refractivity (Wildman–Crippen MR) is 78.3 cm³/mol. The Hall–Kier alpha value is -0.970. The van der Waals surface area contributed by atoms with Crippen LogP contribution in [0.25, 0.3) is 0 Å². The number of nitrogens with one attached hydrogen (secondary N) is 1. The van der Waals surface area contributed by atoms with Gasteiger partial charge in [0.2, 0.25) is 0 Å². The first-order valence-electron chi connectivity index (χ1n) is 8.37. The average molecular weight is 277 g/mol. The minimum Gasteiger partial charge on any atom is -0.317 e. The molecule has 1 aliphatic carbocycles. The largest absolute Gasteiger partial charge is 0.317 e. The lowest BCUT2D eigenvalue weighted by Gasteiger charge is -2.23. The van der Waals surface area contributed by atoms with Crippen LogP contribution in [0.3, 0.4) is 0 Å². The monoisotopic (exact) mass is 277 g/mol. The molecule has 1 aromatic rings. The average Bonchev–Trinajstić information content (AvgIpc) is 2.94. The van der Waals surface area contributed by atoms with Crippen molar-refractivity contribution in [3.05, 3.63) is 5.82 Å². The SMILES string of the molecule is C1CCC(CCc2nnnn2CC2CCNCC2)CC1. The van der Waals surface area contributed by atoms with Crippen LogP contribution in [0.4, 0.5) is 0 Å². The summed E-state index contributed by atoms with van der Waals surface area (Å²) < 4.78 is 2.07. The highest BCUT2D eigenvalue weighted by Gasteiger charge is 2.18. The number of hydrogen-bond acceptors (Lipinski definition) is 4. The molecule has 0 aromatic carbocycles. The van der Waals surface area contributed by atoms with Gasteiger partial charge < -0.3 is 5.32 Å². The van der Waals surface area contributed by atoms with E-state index in [4.69, 9.17) is 0 Å². The summed E-state index contributed by atoms with van der Waals surface area (Å²) in [6, 6.07) is 0. The summed E-state index contributed by atoms with van der Waals surface area (Å²) >= 11 is 0. The zero-order chi connectivity index (χ0) is 13.6. The third-order valence-corrected chi connectivity index (χ3v) is 5.00. The molecule has 5 nitrogen and oxygen atoms in total. The summed E-state index contributed by atoms with van der Waals surface area (Å²) in [6.07, 6.45) is 11.9. The van der Waals surface area contributed by atoms with Crippen LogP contribution >= 0.6 is 0 Å². The van der Waals surface area contributed by atoms with Crippen LogP contribution in [0, 0.1) is 11.8 Å². The van der Waals surface area contributed by atoms with Crippen LogP contribution in [0.5, 0.6) is 0 Å². The fraction of sp³-hybridized carbons (Fsp3) is 0.933. The van der Waals surface area contributed by atoms with E-state index in [9.17, 15) is 0 Å². The van der Waals surface area contributed by atoms with Gasteiger partial charge in [0.15, 0.2) is 5.82 Å². The summed E-state index contributed by atoms with van der Waals surface area (Å²) in [6.45, 7) is 3.29. The molecule has 1 aliphatic heterocycles. The smallest absolute Gasteiger partial charge is 0.151 e. The van der Waals surface area contributed by atoms with Crippen molar-refractivity contribution < 1.29 is 0 Å². The Morgan fingerprint density at radius 2 is 1.80 bits per heavy atom. The lowest BCUT2D eigenvalue weighted by molar-refractivity contribution is 0.307. The first-order chi connectivity index (χ1) is 9.92. The Morgan fingerprint density at radius 3 is 2.60 bits per heavy atom. The Morgan fingerprint density at radius 1 is 1.00 bits per heavy atom. The Balaban J connectivity index is 1.50. The van der Waals surface area contributed by atoms with Gasteiger partial charge in [0.25, 0.3) is 0 Å². The molecule has 2 aliphatic rings. The van der Waals surface area contributed by atoms with E-state index in [-0.39, 0.29) is 0 Å². The van der Waals surface area contributed by atoms with E-state index < -0.39 is 0 Å². The Labute approximate surface area is 121 Å². The molecule has 0 amide bonds. The van der Waals surface area contributed by atoms with E-state index in [0.717, 1.165) is 43.7 Å². The first-order valence-corrected chi connectivity index (χ1v) is 8.37. The number of hydrogen-bond donors (Lipinski definition) is 1. The summed E-state index contributed by atoms with van der Waals surface area (Å²) in [5.74, 6) is 2.76. The van der Waals surface area contributed by atoms with Crippen LogP contribution in [0.2, 0.25) is 0 Å². The zero-order valence-corrected chi connectivity index (χ0v) is 12.4. The molecular formula is C15H27N5. The van der Waals surface area contributed by atoms with Crippen molar-refractivity contribution >= 4 is 0 Å². The summed E-state index contributed by atoms with van der Waals surface area (Å²) in [4.78, 5) is 0. The molecule has 1 N–H and O–H groups in total. The van der Waals surface area contributed by atoms with Crippen LogP contribution in [-0.4, -0.2) is 33.3 Å². The highest BCUT2D eigenvalue weighted by atomic mass is 15.5. The minimum atomic E-state index is 0.744. The normalized spacial score (nSPS) is 22.2. The number of aromatic nitrogens is 4. The lowest BCUT2D eigenvalue weighted by Crippen LogP contribution is -2.30. The van der Waals surface area contributed by atoms with Gasteiger partial charge in [0.1, 0.15) is 0 Å². The maximum atomic E-state index is 4.25. The first kappa shape index (κ1) is 14.0. The van der Waals surface area contributed by atoms with Crippen LogP contribution in [0.1, 0.15) is 57.2 Å². The number of piperidine rings is 1. The number of aryl methyl sites for hydroxylation is 1. The summed E-state index contributed by atoms with van der Waals surface area (Å²) in [5, 5.41) is 15.8. The molecule has 5 heteroatoms. The van der Waals surface area contributed by atoms with Gasteiger partial charge in [-0.1, -0.05) is 32.1 Å². The fourth-order valence-corrected chi connectivity index (χ4v) is 3.66. The lowest BCUT2D eigenvalue weighted by atomic mass is 9.86. The maximum Gasteiger partial charge on any atom is 0.151 e. The second-order valence-electron chi connectivity index (χ2n) is 6.51. The standard InChI is InChI=1S/C15H27N5/c1-2-4-13(5-3-1)6-7-15-17-18-19-20(15)12-14-8-10-16-11-9-14/h13-14,16H,1-12H2. The van der Waals surface area contributed by atoms with Crippen molar-refractivity contribution in [2.24, 2.45) is 11.8 Å². The molecule has 1 saturated carbocycles. The van der Waals surface area contributed by atoms with Gasteiger partial charge in [-0.2, -0.15) is 0 Å². The number of nitrogens with zero attached hydrogens (tertiary/aromatic N) is 4. The van der Waals surface area contributed by atoms with Gasteiger partial charge in [0, 0.05) is 13.0 Å². The van der Waals surface area contributed by atoms with Crippen molar-refractivity contribution in [2.45, 2.75) is 64.3 Å². The van der Waals surface area contributed by atoms with E-state index >= 15 is 0 Å². The van der Waals surface area contributed by atoms with Crippen LogP contribution < -0.4 is 5.32 Å². The fourth-order valence-electron chi connectivity index (χ4n) is 3.66. The second-order valence-corrected chi connectivity index (χ2v) is 6.51. The Bertz CT molecular complexity index is 391. The molecule has 1 aromatic heterocycles. The van der Waals surface area contributed by atoms with Gasteiger partial charge in [0.05, 0.1) is 0 Å². The topological polar surface area (TPSA) is 55.6 Å². The van der Waals surface area contributed by atoms with E-state index in [1.165, 1.54) is 51.4 Å². The van der Waals surface area contributed by atoms with Gasteiger partial charge in [-0.3, -0.25) is 0 Å². The van der Waals surface area contributed by atoms with Crippen LogP contribution in [0.15, 0.2) is 0 Å². The maximum absolute atomic E-state index is 4.25. The highest BCUT2D eigenvalue weighted by Crippen LogP contribution is 2.27. The van der Waals surface area contributed by atoms with Gasteiger partial charge >= 0.3 is 0 Å². The van der Waals surface area contributed by atoms with E-state index in [1.807, 2.05) is 0 Å². The molecule has 2 heterocycles. The third kappa shape index (κ3) is 3.78. The molecular weight excluding hydrogens is 250 g/mol. The van der Waals surface area contributed by atoms with Crippen molar-refractivity contribution in [3.63, 3.8) is 0 Å². The van der Waals surface area contributed by atoms with Gasteiger partial charge in [-0.05, 0) is 54.6 Å². The van der Waals surface area contributed by atoms with Crippen molar-refractivity contribution in [3.8, 4) is 0 Å². The predicted octanol–water partition coefficient (Wildman–Crippen LogP) is 2.19. The molecule has 0 spiro atoms. The third-order valence-electron chi connectivity index (χ3n) is 5.00. The summed E-state index contributed by atoms with van der Waals surface area (Å²) in [7, 11) is 0. The van der Waals surface area contributed by atoms with Crippen molar-refractivity contribution in [1.82, 2.24) is 25.5 Å². The molecule has 0 bridgehead atoms. The molecule has 0 unspecified atom stereocenters. The van der Waals surface area contributed by atoms with Crippen LogP contribution in [-0.2, 0) is 13.0 Å². The van der Waals surface area contributed by atoms with Gasteiger partial charge in [-0.15, -0.1) is 5.10 Å². The van der Waals surface area contributed by atoms with E-state index in [2.05, 4.69) is 25.5 Å². The quantitative estimate of drug-likeness (QED) is 0.896. The highest BCUT2D eigenvalue weighted by molar-refractivity contribution is 4.84. The molecule has 0 radical (unpaired) electrons. The molecule has 112 valence electrons. The minimum absolute atomic E-state index is 0.744. The van der Waals surface area contributed by atoms with E-state index in [1.54, 1.807) is 0 Å².